The first-order valence-electron chi connectivity index (χ1n) is 9.67. The number of hydrogen-bond donors (Lipinski definition) is 1. The summed E-state index contributed by atoms with van der Waals surface area (Å²) in [6, 6.07) is 10.8. The molecule has 0 unspecified atom stereocenters. The van der Waals surface area contributed by atoms with E-state index in [0.717, 1.165) is 21.8 Å². The molecule has 5 nitrogen and oxygen atoms in total. The van der Waals surface area contributed by atoms with E-state index in [4.69, 9.17) is 4.74 Å². The van der Waals surface area contributed by atoms with Crippen molar-refractivity contribution in [2.75, 3.05) is 12.8 Å². The molecule has 30 heavy (non-hydrogen) atoms. The van der Waals surface area contributed by atoms with E-state index < -0.39 is 5.82 Å². The average molecular weight is 424 g/mol. The summed E-state index contributed by atoms with van der Waals surface area (Å²) < 4.78 is 20.5. The Balaban J connectivity index is 1.49. The van der Waals surface area contributed by atoms with Crippen LogP contribution in [0, 0.1) is 19.7 Å². The van der Waals surface area contributed by atoms with Gasteiger partial charge in [-0.2, -0.15) is 0 Å². The first-order chi connectivity index (χ1) is 14.5. The molecule has 154 valence electrons. The van der Waals surface area contributed by atoms with Gasteiger partial charge in [0.2, 0.25) is 0 Å². The van der Waals surface area contributed by atoms with Crippen LogP contribution in [0.3, 0.4) is 0 Å². The van der Waals surface area contributed by atoms with Gasteiger partial charge in [0.15, 0.2) is 11.6 Å². The van der Waals surface area contributed by atoms with Crippen LogP contribution >= 0.6 is 11.8 Å². The Labute approximate surface area is 179 Å². The van der Waals surface area contributed by atoms with E-state index in [-0.39, 0.29) is 17.8 Å². The average Bonchev–Trinajstić information content (AvgIpc) is 3.17. The lowest BCUT2D eigenvalue weighted by atomic mass is 10.0. The summed E-state index contributed by atoms with van der Waals surface area (Å²) in [5, 5.41) is 2.91. The highest BCUT2D eigenvalue weighted by Crippen LogP contribution is 2.36. The number of thioether (sulfide) groups is 1. The van der Waals surface area contributed by atoms with Crippen LogP contribution in [0.4, 0.5) is 4.39 Å². The van der Waals surface area contributed by atoms with Crippen molar-refractivity contribution in [3.8, 4) is 17.0 Å². The molecule has 3 aromatic rings. The van der Waals surface area contributed by atoms with E-state index in [1.165, 1.54) is 17.8 Å². The van der Waals surface area contributed by atoms with Gasteiger partial charge in [0, 0.05) is 28.6 Å². The first kappa shape index (κ1) is 20.3. The second kappa shape index (κ2) is 8.44. The van der Waals surface area contributed by atoms with Crippen LogP contribution in [-0.2, 0) is 6.42 Å². The normalized spacial score (nSPS) is 14.9. The van der Waals surface area contributed by atoms with E-state index in [1.807, 2.05) is 44.4 Å². The number of rotatable bonds is 5. The predicted molar refractivity (Wildman–Crippen MR) is 116 cm³/mol. The van der Waals surface area contributed by atoms with Gasteiger partial charge in [0.25, 0.3) is 5.91 Å². The molecule has 0 spiro atoms. The van der Waals surface area contributed by atoms with Gasteiger partial charge in [-0.3, -0.25) is 9.78 Å². The number of aryl methyl sites for hydroxylation is 2. The number of nitrogens with zero attached hydrogens (tertiary/aromatic N) is 2. The fourth-order valence-electron chi connectivity index (χ4n) is 3.58. The van der Waals surface area contributed by atoms with Crippen LogP contribution in [0.5, 0.6) is 5.75 Å². The molecule has 0 saturated heterocycles. The molecule has 1 atom stereocenters. The van der Waals surface area contributed by atoms with Crippen LogP contribution in [0.25, 0.3) is 11.3 Å². The van der Waals surface area contributed by atoms with Crippen LogP contribution < -0.4 is 10.1 Å². The molecule has 1 aliphatic rings. The van der Waals surface area contributed by atoms with Crippen LogP contribution in [0.1, 0.15) is 27.3 Å². The second-order valence-electron chi connectivity index (χ2n) is 7.25. The Kier molecular flexibility index (Phi) is 5.72. The molecule has 0 fully saturated rings. The molecular formula is C23H22FN3O2S. The highest BCUT2D eigenvalue weighted by Gasteiger charge is 2.28. The van der Waals surface area contributed by atoms with Crippen molar-refractivity contribution in [3.63, 3.8) is 0 Å². The monoisotopic (exact) mass is 423 g/mol. The molecule has 1 aliphatic heterocycles. The van der Waals surface area contributed by atoms with Gasteiger partial charge < -0.3 is 10.1 Å². The summed E-state index contributed by atoms with van der Waals surface area (Å²) in [6.45, 7) is 4.01. The Morgan fingerprint density at radius 2 is 2.10 bits per heavy atom. The van der Waals surface area contributed by atoms with E-state index >= 15 is 0 Å². The molecule has 0 aliphatic carbocycles. The van der Waals surface area contributed by atoms with Gasteiger partial charge in [-0.1, -0.05) is 12.1 Å². The zero-order valence-corrected chi connectivity index (χ0v) is 17.8. The quantitative estimate of drug-likeness (QED) is 0.618. The summed E-state index contributed by atoms with van der Waals surface area (Å²) in [7, 11) is 0. The lowest BCUT2D eigenvalue weighted by Gasteiger charge is -2.13. The maximum Gasteiger partial charge on any atom is 0.252 e. The zero-order valence-electron chi connectivity index (χ0n) is 17.0. The molecule has 0 saturated carbocycles. The SMILES string of the molecule is CSc1ccccc1C(=O)NC[C@@H]1Cc2cc(-c3nc(C)cnc3C)cc(F)c2O1. The number of benzene rings is 2. The molecule has 1 amide bonds. The molecule has 7 heteroatoms. The van der Waals surface area contributed by atoms with Crippen molar-refractivity contribution in [2.24, 2.45) is 0 Å². The minimum atomic E-state index is -0.424. The maximum atomic E-state index is 14.7. The Hall–Kier alpha value is -2.93. The number of ether oxygens (including phenoxy) is 1. The van der Waals surface area contributed by atoms with Gasteiger partial charge in [-0.05, 0) is 44.4 Å². The van der Waals surface area contributed by atoms with E-state index in [9.17, 15) is 9.18 Å². The largest absolute Gasteiger partial charge is 0.485 e. The van der Waals surface area contributed by atoms with E-state index in [0.29, 0.717) is 29.8 Å². The van der Waals surface area contributed by atoms with Crippen molar-refractivity contribution < 1.29 is 13.9 Å². The number of aromatic nitrogens is 2. The minimum Gasteiger partial charge on any atom is -0.485 e. The molecule has 0 bridgehead atoms. The smallest absolute Gasteiger partial charge is 0.252 e. The fourth-order valence-corrected chi connectivity index (χ4v) is 4.18. The Bertz CT molecular complexity index is 1120. The zero-order chi connectivity index (χ0) is 21.3. The highest BCUT2D eigenvalue weighted by atomic mass is 32.2. The number of nitrogens with one attached hydrogen (secondary N) is 1. The number of fused-ring (bicyclic) bond motifs is 1. The standard InChI is InChI=1S/C23H22FN3O2S/c1-13-11-25-14(2)21(27-13)15-8-16-9-17(29-22(16)19(24)10-15)12-26-23(28)18-6-4-5-7-20(18)30-3/h4-8,10-11,17H,9,12H2,1-3H3,(H,26,28)/t17-/m0/s1. The van der Waals surface area contributed by atoms with Crippen LogP contribution in [0.2, 0.25) is 0 Å². The summed E-state index contributed by atoms with van der Waals surface area (Å²) in [4.78, 5) is 22.3. The maximum absolute atomic E-state index is 14.7. The molecule has 2 heterocycles. The lowest BCUT2D eigenvalue weighted by molar-refractivity contribution is 0.0930. The molecular weight excluding hydrogens is 401 g/mol. The second-order valence-corrected chi connectivity index (χ2v) is 8.09. The fraction of sp³-hybridized carbons (Fsp3) is 0.261. The molecule has 1 aromatic heterocycles. The third kappa shape index (κ3) is 4.03. The topological polar surface area (TPSA) is 64.1 Å². The van der Waals surface area contributed by atoms with Gasteiger partial charge in [0.1, 0.15) is 6.10 Å². The molecule has 1 N–H and O–H groups in total. The van der Waals surface area contributed by atoms with Crippen molar-refractivity contribution in [3.05, 3.63) is 70.9 Å². The molecule has 4 rings (SSSR count). The minimum absolute atomic E-state index is 0.161. The van der Waals surface area contributed by atoms with Crippen LogP contribution in [0.15, 0.2) is 47.5 Å². The summed E-state index contributed by atoms with van der Waals surface area (Å²) in [6.07, 6.45) is 3.83. The van der Waals surface area contributed by atoms with Crippen molar-refractivity contribution in [1.82, 2.24) is 15.3 Å². The van der Waals surface area contributed by atoms with Crippen LogP contribution in [-0.4, -0.2) is 34.8 Å². The first-order valence-corrected chi connectivity index (χ1v) is 10.9. The number of halogens is 1. The van der Waals surface area contributed by atoms with E-state index in [1.54, 1.807) is 12.3 Å². The number of carbonyl (C=O) groups excluding carboxylic acids is 1. The number of carbonyl (C=O) groups is 1. The molecule has 0 radical (unpaired) electrons. The Morgan fingerprint density at radius 3 is 2.90 bits per heavy atom. The Morgan fingerprint density at radius 1 is 1.30 bits per heavy atom. The van der Waals surface area contributed by atoms with Gasteiger partial charge in [-0.25, -0.2) is 9.37 Å². The summed E-state index contributed by atoms with van der Waals surface area (Å²) in [5.41, 5.74) is 4.28. The third-order valence-electron chi connectivity index (χ3n) is 5.04. The van der Waals surface area contributed by atoms with E-state index in [2.05, 4.69) is 15.3 Å². The van der Waals surface area contributed by atoms with Crippen molar-refractivity contribution in [1.29, 1.82) is 0 Å². The third-order valence-corrected chi connectivity index (χ3v) is 5.84. The predicted octanol–water partition coefficient (Wildman–Crippen LogP) is 4.35. The molecule has 2 aromatic carbocycles. The number of amides is 1. The van der Waals surface area contributed by atoms with Gasteiger partial charge in [0.05, 0.1) is 29.2 Å². The summed E-state index contributed by atoms with van der Waals surface area (Å²) >= 11 is 1.52. The summed E-state index contributed by atoms with van der Waals surface area (Å²) in [5.74, 6) is -0.334. The number of hydrogen-bond acceptors (Lipinski definition) is 5. The van der Waals surface area contributed by atoms with Crippen molar-refractivity contribution >= 4 is 17.7 Å². The van der Waals surface area contributed by atoms with Gasteiger partial charge >= 0.3 is 0 Å². The van der Waals surface area contributed by atoms with Crippen molar-refractivity contribution in [2.45, 2.75) is 31.3 Å². The van der Waals surface area contributed by atoms with Gasteiger partial charge in [-0.15, -0.1) is 11.8 Å². The highest BCUT2D eigenvalue weighted by molar-refractivity contribution is 7.98. The lowest BCUT2D eigenvalue weighted by Crippen LogP contribution is -2.34.